The van der Waals surface area contributed by atoms with Crippen molar-refractivity contribution in [1.29, 1.82) is 0 Å². The van der Waals surface area contributed by atoms with Gasteiger partial charge < -0.3 is 5.32 Å². The van der Waals surface area contributed by atoms with Crippen LogP contribution in [0.5, 0.6) is 0 Å². The first-order chi connectivity index (χ1) is 7.25. The molecule has 3 heteroatoms. The first-order valence-electron chi connectivity index (χ1n) is 5.40. The smallest absolute Gasteiger partial charge is 0.137 e. The molecule has 0 bridgehead atoms. The number of benzene rings is 1. The van der Waals surface area contributed by atoms with Crippen molar-refractivity contribution in [3.63, 3.8) is 0 Å². The van der Waals surface area contributed by atoms with Crippen LogP contribution >= 0.6 is 15.9 Å². The van der Waals surface area contributed by atoms with Crippen molar-refractivity contribution < 1.29 is 4.39 Å². The monoisotopic (exact) mass is 271 g/mol. The van der Waals surface area contributed by atoms with E-state index in [0.717, 1.165) is 24.6 Å². The Labute approximate surface area is 98.2 Å². The lowest BCUT2D eigenvalue weighted by molar-refractivity contribution is 0.599. The van der Waals surface area contributed by atoms with Gasteiger partial charge in [-0.1, -0.05) is 18.9 Å². The summed E-state index contributed by atoms with van der Waals surface area (Å²) >= 11 is 3.14. The molecule has 82 valence electrons. The fourth-order valence-corrected chi connectivity index (χ4v) is 1.84. The average Bonchev–Trinajstić information content (AvgIpc) is 3.02. The van der Waals surface area contributed by atoms with Crippen LogP contribution in [-0.2, 0) is 6.54 Å². The Bertz CT molecular complexity index is 336. The molecule has 1 aliphatic carbocycles. The Morgan fingerprint density at radius 3 is 2.87 bits per heavy atom. The summed E-state index contributed by atoms with van der Waals surface area (Å²) in [4.78, 5) is 0. The highest BCUT2D eigenvalue weighted by Gasteiger charge is 2.19. The van der Waals surface area contributed by atoms with Crippen molar-refractivity contribution in [3.8, 4) is 0 Å². The Kier molecular flexibility index (Phi) is 3.76. The third kappa shape index (κ3) is 3.58. The molecule has 0 amide bonds. The van der Waals surface area contributed by atoms with Crippen LogP contribution in [-0.4, -0.2) is 6.54 Å². The molecule has 0 aromatic heterocycles. The largest absolute Gasteiger partial charge is 0.313 e. The van der Waals surface area contributed by atoms with Gasteiger partial charge in [0.2, 0.25) is 0 Å². The van der Waals surface area contributed by atoms with E-state index in [1.54, 1.807) is 12.1 Å². The molecule has 0 aliphatic heterocycles. The predicted octanol–water partition coefficient (Wildman–Crippen LogP) is 3.48. The average molecular weight is 272 g/mol. The van der Waals surface area contributed by atoms with E-state index >= 15 is 0 Å². The number of nitrogens with one attached hydrogen (secondary N) is 1. The Hall–Kier alpha value is -0.410. The molecule has 0 atom stereocenters. The van der Waals surface area contributed by atoms with Crippen molar-refractivity contribution in [2.75, 3.05) is 6.54 Å². The maximum absolute atomic E-state index is 13.2. The lowest BCUT2D eigenvalue weighted by Gasteiger charge is -2.05. The minimum absolute atomic E-state index is 0.184. The van der Waals surface area contributed by atoms with E-state index in [1.165, 1.54) is 19.3 Å². The van der Waals surface area contributed by atoms with E-state index in [2.05, 4.69) is 21.2 Å². The zero-order chi connectivity index (χ0) is 10.7. The van der Waals surface area contributed by atoms with Crippen LogP contribution in [0.25, 0.3) is 0 Å². The van der Waals surface area contributed by atoms with Crippen LogP contribution < -0.4 is 5.32 Å². The second kappa shape index (κ2) is 5.08. The molecule has 1 aromatic rings. The quantitative estimate of drug-likeness (QED) is 0.809. The highest BCUT2D eigenvalue weighted by atomic mass is 79.9. The summed E-state index contributed by atoms with van der Waals surface area (Å²) in [5.41, 5.74) is 1.01. The zero-order valence-corrected chi connectivity index (χ0v) is 10.2. The third-order valence-corrected chi connectivity index (χ3v) is 3.38. The molecule has 2 rings (SSSR count). The molecule has 15 heavy (non-hydrogen) atoms. The SMILES string of the molecule is Fc1cc(CNCCC2CC2)ccc1Br. The predicted molar refractivity (Wildman–Crippen MR) is 63.1 cm³/mol. The lowest BCUT2D eigenvalue weighted by atomic mass is 10.2. The first kappa shape index (κ1) is 11.1. The van der Waals surface area contributed by atoms with E-state index in [4.69, 9.17) is 0 Å². The number of halogens is 2. The van der Waals surface area contributed by atoms with E-state index in [9.17, 15) is 4.39 Å². The molecule has 1 fully saturated rings. The van der Waals surface area contributed by atoms with E-state index in [-0.39, 0.29) is 5.82 Å². The molecular weight excluding hydrogens is 257 g/mol. The first-order valence-corrected chi connectivity index (χ1v) is 6.19. The molecule has 0 spiro atoms. The van der Waals surface area contributed by atoms with Crippen LogP contribution in [0, 0.1) is 11.7 Å². The van der Waals surface area contributed by atoms with Crippen molar-refractivity contribution >= 4 is 15.9 Å². The Morgan fingerprint density at radius 1 is 1.40 bits per heavy atom. The van der Waals surface area contributed by atoms with Gasteiger partial charge in [0, 0.05) is 6.54 Å². The maximum Gasteiger partial charge on any atom is 0.137 e. The molecule has 0 unspecified atom stereocenters. The number of rotatable bonds is 5. The minimum atomic E-state index is -0.184. The van der Waals surface area contributed by atoms with Gasteiger partial charge in [-0.25, -0.2) is 4.39 Å². The van der Waals surface area contributed by atoms with Gasteiger partial charge >= 0.3 is 0 Å². The summed E-state index contributed by atoms with van der Waals surface area (Å²) in [5, 5.41) is 3.34. The summed E-state index contributed by atoms with van der Waals surface area (Å²) in [6.07, 6.45) is 4.06. The van der Waals surface area contributed by atoms with Crippen molar-refractivity contribution in [3.05, 3.63) is 34.1 Å². The van der Waals surface area contributed by atoms with E-state index in [1.807, 2.05) is 6.07 Å². The molecule has 1 aliphatic rings. The molecule has 1 aromatic carbocycles. The standard InChI is InChI=1S/C12H15BrFN/c13-11-4-3-10(7-12(11)14)8-15-6-5-9-1-2-9/h3-4,7,9,15H,1-2,5-6,8H2. The van der Waals surface area contributed by atoms with Crippen molar-refractivity contribution in [2.24, 2.45) is 5.92 Å². The normalized spacial score (nSPS) is 15.6. The fourth-order valence-electron chi connectivity index (χ4n) is 1.60. The maximum atomic E-state index is 13.2. The molecule has 1 saturated carbocycles. The van der Waals surface area contributed by atoms with Crippen molar-refractivity contribution in [2.45, 2.75) is 25.8 Å². The van der Waals surface area contributed by atoms with Gasteiger partial charge in [-0.15, -0.1) is 0 Å². The fraction of sp³-hybridized carbons (Fsp3) is 0.500. The van der Waals surface area contributed by atoms with E-state index in [0.29, 0.717) is 4.47 Å². The third-order valence-electron chi connectivity index (χ3n) is 2.74. The van der Waals surface area contributed by atoms with Gasteiger partial charge in [-0.2, -0.15) is 0 Å². The van der Waals surface area contributed by atoms with E-state index < -0.39 is 0 Å². The summed E-state index contributed by atoms with van der Waals surface area (Å²) in [7, 11) is 0. The van der Waals surface area contributed by atoms with Gasteiger partial charge in [0.05, 0.1) is 4.47 Å². The molecule has 1 nitrogen and oxygen atoms in total. The highest BCUT2D eigenvalue weighted by Crippen LogP contribution is 2.31. The second-order valence-electron chi connectivity index (χ2n) is 4.16. The summed E-state index contributed by atoms with van der Waals surface area (Å²) < 4.78 is 13.7. The topological polar surface area (TPSA) is 12.0 Å². The molecule has 0 saturated heterocycles. The van der Waals surface area contributed by atoms with Gasteiger partial charge in [0.15, 0.2) is 0 Å². The number of hydrogen-bond donors (Lipinski definition) is 1. The molecule has 0 radical (unpaired) electrons. The number of hydrogen-bond acceptors (Lipinski definition) is 1. The van der Waals surface area contributed by atoms with Gasteiger partial charge in [0.1, 0.15) is 5.82 Å². The summed E-state index contributed by atoms with van der Waals surface area (Å²) in [6.45, 7) is 1.80. The van der Waals surface area contributed by atoms with Crippen LogP contribution in [0.2, 0.25) is 0 Å². The van der Waals surface area contributed by atoms with Crippen LogP contribution in [0.3, 0.4) is 0 Å². The van der Waals surface area contributed by atoms with Crippen molar-refractivity contribution in [1.82, 2.24) is 5.32 Å². The highest BCUT2D eigenvalue weighted by molar-refractivity contribution is 9.10. The zero-order valence-electron chi connectivity index (χ0n) is 8.60. The molecule has 1 N–H and O–H groups in total. The Balaban J connectivity index is 1.74. The second-order valence-corrected chi connectivity index (χ2v) is 5.01. The Morgan fingerprint density at radius 2 is 2.20 bits per heavy atom. The lowest BCUT2D eigenvalue weighted by Crippen LogP contribution is -2.15. The molecule has 0 heterocycles. The van der Waals surface area contributed by atoms with Crippen LogP contribution in [0.4, 0.5) is 4.39 Å². The minimum Gasteiger partial charge on any atom is -0.313 e. The van der Waals surface area contributed by atoms with Crippen LogP contribution in [0.15, 0.2) is 22.7 Å². The van der Waals surface area contributed by atoms with Gasteiger partial charge in [-0.3, -0.25) is 0 Å². The summed E-state index contributed by atoms with van der Waals surface area (Å²) in [5.74, 6) is 0.774. The molecular formula is C12H15BrFN. The van der Waals surface area contributed by atoms with Crippen LogP contribution in [0.1, 0.15) is 24.8 Å². The summed E-state index contributed by atoms with van der Waals surface area (Å²) in [6, 6.07) is 5.28. The van der Waals surface area contributed by atoms with Gasteiger partial charge in [0.25, 0.3) is 0 Å². The van der Waals surface area contributed by atoms with Gasteiger partial charge in [-0.05, 0) is 52.5 Å².